The average molecular weight is 522 g/mol. The fourth-order valence-electron chi connectivity index (χ4n) is 2.91. The maximum absolute atomic E-state index is 9.10. The number of hydrogen-bond donors (Lipinski definition) is 3. The molecular weight excluding hydrogens is 498 g/mol. The molecule has 3 rings (SSSR count). The molecule has 0 aliphatic carbocycles. The number of nitrogens with one attached hydrogen (secondary N) is 1. The van der Waals surface area contributed by atoms with E-state index in [4.69, 9.17) is 34.0 Å². The van der Waals surface area contributed by atoms with Gasteiger partial charge in [0.25, 0.3) is 0 Å². The number of ether oxygens (including phenoxy) is 3. The van der Waals surface area contributed by atoms with E-state index in [1.54, 1.807) is 21.3 Å². The Morgan fingerprint density at radius 1 is 1.03 bits per heavy atom. The number of anilines is 1. The van der Waals surface area contributed by atoms with Crippen molar-refractivity contribution in [2.75, 3.05) is 26.6 Å². The van der Waals surface area contributed by atoms with E-state index in [0.717, 1.165) is 27.2 Å². The molecule has 33 heavy (non-hydrogen) atoms. The van der Waals surface area contributed by atoms with Crippen LogP contribution < -0.4 is 19.5 Å². The van der Waals surface area contributed by atoms with Crippen LogP contribution in [-0.4, -0.2) is 53.0 Å². The zero-order chi connectivity index (χ0) is 24.5. The molecular formula is C22H24BrN3O7. The van der Waals surface area contributed by atoms with Gasteiger partial charge in [0.05, 0.1) is 33.2 Å². The van der Waals surface area contributed by atoms with Gasteiger partial charge in [-0.1, -0.05) is 28.1 Å². The third-order valence-electron chi connectivity index (χ3n) is 4.47. The monoisotopic (exact) mass is 521 g/mol. The number of halogens is 1. The molecule has 176 valence electrons. The van der Waals surface area contributed by atoms with Crippen molar-refractivity contribution in [3.05, 3.63) is 52.6 Å². The number of benzene rings is 2. The highest BCUT2D eigenvalue weighted by Gasteiger charge is 2.14. The Morgan fingerprint density at radius 3 is 2.12 bits per heavy atom. The molecule has 3 aromatic rings. The fourth-order valence-corrected chi connectivity index (χ4v) is 3.31. The maximum Gasteiger partial charge on any atom is 0.414 e. The molecule has 0 bridgehead atoms. The van der Waals surface area contributed by atoms with Crippen LogP contribution in [0.15, 0.2) is 47.1 Å². The number of carboxylic acid groups (broad SMARTS) is 2. The first kappa shape index (κ1) is 25.5. The van der Waals surface area contributed by atoms with Crippen LogP contribution in [0.25, 0.3) is 11.3 Å². The summed E-state index contributed by atoms with van der Waals surface area (Å²) in [6.45, 7) is 0.569. The SMILES string of the molecule is COc1cc(CNc2ncc(-c3cccc(Br)c3)n2C)cc(OC)c1OC.O=C(O)C(=O)O. The van der Waals surface area contributed by atoms with Crippen molar-refractivity contribution in [2.24, 2.45) is 7.05 Å². The first-order valence-corrected chi connectivity index (χ1v) is 10.3. The van der Waals surface area contributed by atoms with Gasteiger partial charge < -0.3 is 34.3 Å². The second kappa shape index (κ2) is 11.8. The van der Waals surface area contributed by atoms with Gasteiger partial charge in [0.15, 0.2) is 11.5 Å². The van der Waals surface area contributed by atoms with Crippen molar-refractivity contribution >= 4 is 33.8 Å². The van der Waals surface area contributed by atoms with Crippen LogP contribution in [0.2, 0.25) is 0 Å². The lowest BCUT2D eigenvalue weighted by atomic mass is 10.1. The number of aromatic nitrogens is 2. The number of carboxylic acids is 2. The zero-order valence-electron chi connectivity index (χ0n) is 18.5. The van der Waals surface area contributed by atoms with Gasteiger partial charge in [-0.25, -0.2) is 14.6 Å². The van der Waals surface area contributed by atoms with Crippen molar-refractivity contribution in [2.45, 2.75) is 6.54 Å². The Kier molecular flexibility index (Phi) is 9.10. The van der Waals surface area contributed by atoms with Crippen molar-refractivity contribution in [3.8, 4) is 28.5 Å². The molecule has 0 unspecified atom stereocenters. The number of aliphatic carboxylic acids is 2. The van der Waals surface area contributed by atoms with Crippen LogP contribution in [0, 0.1) is 0 Å². The van der Waals surface area contributed by atoms with E-state index in [0.29, 0.717) is 23.8 Å². The first-order valence-electron chi connectivity index (χ1n) is 9.48. The van der Waals surface area contributed by atoms with E-state index in [2.05, 4.69) is 38.4 Å². The van der Waals surface area contributed by atoms with Crippen molar-refractivity contribution < 1.29 is 34.0 Å². The van der Waals surface area contributed by atoms with Gasteiger partial charge in [-0.15, -0.1) is 0 Å². The van der Waals surface area contributed by atoms with Gasteiger partial charge >= 0.3 is 11.9 Å². The predicted octanol–water partition coefficient (Wildman–Crippen LogP) is 3.64. The van der Waals surface area contributed by atoms with Gasteiger partial charge in [-0.2, -0.15) is 0 Å². The molecule has 2 aromatic carbocycles. The van der Waals surface area contributed by atoms with E-state index in [9.17, 15) is 0 Å². The van der Waals surface area contributed by atoms with Crippen LogP contribution >= 0.6 is 15.9 Å². The maximum atomic E-state index is 9.10. The van der Waals surface area contributed by atoms with Crippen LogP contribution in [0.4, 0.5) is 5.95 Å². The zero-order valence-corrected chi connectivity index (χ0v) is 20.0. The number of rotatable bonds is 7. The van der Waals surface area contributed by atoms with Crippen LogP contribution in [0.5, 0.6) is 17.2 Å². The number of hydrogen-bond acceptors (Lipinski definition) is 7. The van der Waals surface area contributed by atoms with E-state index in [1.165, 1.54) is 0 Å². The number of carbonyl (C=O) groups is 2. The standard InChI is InChI=1S/C20H22BrN3O3.C2H2O4/c1-24-16(14-6-5-7-15(21)10-14)12-23-20(24)22-11-13-8-17(25-2)19(27-4)18(9-13)26-3;3-1(4)2(5)6/h5-10,12H,11H2,1-4H3,(H,22,23);(H,3,4)(H,5,6). The molecule has 0 saturated heterocycles. The molecule has 0 spiro atoms. The Balaban J connectivity index is 0.000000569. The smallest absolute Gasteiger partial charge is 0.414 e. The summed E-state index contributed by atoms with van der Waals surface area (Å²) in [5.41, 5.74) is 3.13. The third kappa shape index (κ3) is 6.62. The molecule has 0 radical (unpaired) electrons. The fraction of sp³-hybridized carbons (Fsp3) is 0.227. The van der Waals surface area contributed by atoms with Gasteiger partial charge in [0.2, 0.25) is 11.7 Å². The number of nitrogens with zero attached hydrogens (tertiary/aromatic N) is 2. The Labute approximate surface area is 198 Å². The van der Waals surface area contributed by atoms with Crippen LogP contribution in [0.3, 0.4) is 0 Å². The molecule has 0 saturated carbocycles. The second-order valence-corrected chi connectivity index (χ2v) is 7.45. The quantitative estimate of drug-likeness (QED) is 0.398. The Bertz CT molecular complexity index is 1090. The lowest BCUT2D eigenvalue weighted by Gasteiger charge is -2.15. The minimum Gasteiger partial charge on any atom is -0.493 e. The average Bonchev–Trinajstić information content (AvgIpc) is 3.17. The normalized spacial score (nSPS) is 9.97. The van der Waals surface area contributed by atoms with E-state index in [-0.39, 0.29) is 0 Å². The molecule has 0 amide bonds. The predicted molar refractivity (Wildman–Crippen MR) is 125 cm³/mol. The molecule has 10 nitrogen and oxygen atoms in total. The third-order valence-corrected chi connectivity index (χ3v) is 4.96. The first-order chi connectivity index (χ1) is 15.7. The van der Waals surface area contributed by atoms with Gasteiger partial charge in [0, 0.05) is 23.6 Å². The van der Waals surface area contributed by atoms with E-state index < -0.39 is 11.9 Å². The molecule has 0 aliphatic rings. The van der Waals surface area contributed by atoms with Crippen molar-refractivity contribution in [1.82, 2.24) is 9.55 Å². The lowest BCUT2D eigenvalue weighted by Crippen LogP contribution is -2.09. The molecule has 1 heterocycles. The summed E-state index contributed by atoms with van der Waals surface area (Å²) >= 11 is 3.51. The number of imidazole rings is 1. The highest BCUT2D eigenvalue weighted by molar-refractivity contribution is 9.10. The highest BCUT2D eigenvalue weighted by atomic mass is 79.9. The van der Waals surface area contributed by atoms with Crippen LogP contribution in [0.1, 0.15) is 5.56 Å². The molecule has 0 atom stereocenters. The molecule has 0 fully saturated rings. The summed E-state index contributed by atoms with van der Waals surface area (Å²) in [6, 6.07) is 12.0. The van der Waals surface area contributed by atoms with E-state index in [1.807, 2.05) is 42.1 Å². The molecule has 1 aromatic heterocycles. The van der Waals surface area contributed by atoms with Gasteiger partial charge in [-0.05, 0) is 29.8 Å². The van der Waals surface area contributed by atoms with Gasteiger partial charge in [0.1, 0.15) is 0 Å². The van der Waals surface area contributed by atoms with Crippen LogP contribution in [-0.2, 0) is 23.2 Å². The summed E-state index contributed by atoms with van der Waals surface area (Å²) in [7, 11) is 6.80. The Morgan fingerprint density at radius 2 is 1.64 bits per heavy atom. The summed E-state index contributed by atoms with van der Waals surface area (Å²) in [5.74, 6) is -1.03. The van der Waals surface area contributed by atoms with Gasteiger partial charge in [-0.3, -0.25) is 0 Å². The largest absolute Gasteiger partial charge is 0.493 e. The highest BCUT2D eigenvalue weighted by Crippen LogP contribution is 2.38. The van der Waals surface area contributed by atoms with Crippen molar-refractivity contribution in [3.63, 3.8) is 0 Å². The molecule has 3 N–H and O–H groups in total. The summed E-state index contributed by atoms with van der Waals surface area (Å²) in [6.07, 6.45) is 1.86. The van der Waals surface area contributed by atoms with Crippen molar-refractivity contribution in [1.29, 1.82) is 0 Å². The minimum absolute atomic E-state index is 0.569. The molecule has 0 aliphatic heterocycles. The Hall–Kier alpha value is -3.73. The minimum atomic E-state index is -1.82. The lowest BCUT2D eigenvalue weighted by molar-refractivity contribution is -0.159. The summed E-state index contributed by atoms with van der Waals surface area (Å²) in [4.78, 5) is 22.7. The second-order valence-electron chi connectivity index (χ2n) is 6.53. The van der Waals surface area contributed by atoms with E-state index >= 15 is 0 Å². The summed E-state index contributed by atoms with van der Waals surface area (Å²) in [5, 5.41) is 18.1. The molecule has 11 heteroatoms. The number of methoxy groups -OCH3 is 3. The summed E-state index contributed by atoms with van der Waals surface area (Å²) < 4.78 is 19.2. The topological polar surface area (TPSA) is 132 Å².